The summed E-state index contributed by atoms with van der Waals surface area (Å²) in [5.41, 5.74) is 0. The Balaban J connectivity index is 2.26. The minimum atomic E-state index is -1.14. The molecule has 6 nitrogen and oxygen atoms in total. The van der Waals surface area contributed by atoms with Crippen LogP contribution in [-0.4, -0.2) is 45.9 Å². The molecule has 0 unspecified atom stereocenters. The van der Waals surface area contributed by atoms with Crippen LogP contribution in [0.25, 0.3) is 0 Å². The summed E-state index contributed by atoms with van der Waals surface area (Å²) in [5.74, 6) is -1.22. The average molecular weight is 199 g/mol. The molecule has 2 aliphatic rings. The molecule has 2 fully saturated rings. The maximum Gasteiger partial charge on any atom is 0.334 e. The van der Waals surface area contributed by atoms with Gasteiger partial charge in [0.05, 0.1) is 13.0 Å². The zero-order valence-electron chi connectivity index (χ0n) is 7.21. The number of fused-ring (bicyclic) bond motifs is 1. The third-order valence-corrected chi connectivity index (χ3v) is 2.29. The van der Waals surface area contributed by atoms with E-state index in [0.29, 0.717) is 0 Å². The van der Waals surface area contributed by atoms with E-state index in [-0.39, 0.29) is 24.7 Å². The van der Waals surface area contributed by atoms with Crippen LogP contribution in [0.1, 0.15) is 6.42 Å². The number of ether oxygens (including phenoxy) is 1. The lowest BCUT2D eigenvalue weighted by molar-refractivity contribution is -0.163. The topological polar surface area (TPSA) is 87.1 Å². The van der Waals surface area contributed by atoms with Crippen molar-refractivity contribution in [2.24, 2.45) is 0 Å². The van der Waals surface area contributed by atoms with Gasteiger partial charge in [0.25, 0.3) is 0 Å². The number of amides is 1. The number of β-lactam (4-membered cyclic amide) rings is 1. The van der Waals surface area contributed by atoms with Gasteiger partial charge in [0.2, 0.25) is 5.91 Å². The van der Waals surface area contributed by atoms with Crippen molar-refractivity contribution in [3.05, 3.63) is 11.8 Å². The summed E-state index contributed by atoms with van der Waals surface area (Å²) in [7, 11) is 0. The number of carbonyl (C=O) groups excluding carboxylic acids is 1. The monoisotopic (exact) mass is 199 g/mol. The Hall–Kier alpha value is -1.56. The minimum Gasteiger partial charge on any atom is -0.479 e. The Morgan fingerprint density at radius 3 is 2.93 bits per heavy atom. The number of hydrogen-bond donors (Lipinski definition) is 2. The van der Waals surface area contributed by atoms with E-state index >= 15 is 0 Å². The van der Waals surface area contributed by atoms with Crippen LogP contribution in [0.5, 0.6) is 0 Å². The summed E-state index contributed by atoms with van der Waals surface area (Å²) in [6, 6.07) is -1.06. The van der Waals surface area contributed by atoms with E-state index in [4.69, 9.17) is 14.9 Å². The second-order valence-corrected chi connectivity index (χ2v) is 3.11. The predicted molar refractivity (Wildman–Crippen MR) is 42.9 cm³/mol. The number of aliphatic carboxylic acids is 1. The molecule has 0 aliphatic carbocycles. The smallest absolute Gasteiger partial charge is 0.334 e. The van der Waals surface area contributed by atoms with Gasteiger partial charge in [-0.2, -0.15) is 0 Å². The maximum absolute atomic E-state index is 11.1. The van der Waals surface area contributed by atoms with E-state index in [2.05, 4.69) is 0 Å². The molecule has 0 aromatic carbocycles. The fourth-order valence-corrected chi connectivity index (χ4v) is 1.66. The molecule has 14 heavy (non-hydrogen) atoms. The van der Waals surface area contributed by atoms with Crippen LogP contribution in [0.2, 0.25) is 0 Å². The molecule has 1 amide bonds. The summed E-state index contributed by atoms with van der Waals surface area (Å²) in [4.78, 5) is 23.1. The molecule has 2 N–H and O–H groups in total. The standard InChI is InChI=1S/C8H9NO5/c10-2-1-4-7(8(12)13)9-5(11)3-6(9)14-4/h1,6-7,10H,2-3H2,(H,12,13)/b4-1+/t6-,7-/m1/s1. The van der Waals surface area contributed by atoms with Gasteiger partial charge in [-0.15, -0.1) is 0 Å². The van der Waals surface area contributed by atoms with Crippen molar-refractivity contribution in [3.63, 3.8) is 0 Å². The summed E-state index contributed by atoms with van der Waals surface area (Å²) >= 11 is 0. The van der Waals surface area contributed by atoms with Crippen LogP contribution < -0.4 is 0 Å². The summed E-state index contributed by atoms with van der Waals surface area (Å²) in [5, 5.41) is 17.5. The molecule has 0 aromatic heterocycles. The van der Waals surface area contributed by atoms with Gasteiger partial charge in [0, 0.05) is 0 Å². The lowest BCUT2D eigenvalue weighted by Gasteiger charge is -2.33. The SMILES string of the molecule is O=C(O)[C@H]1/C(=C\CO)O[C@@H]2CC(=O)N21. The van der Waals surface area contributed by atoms with Crippen molar-refractivity contribution in [2.45, 2.75) is 18.7 Å². The predicted octanol–water partition coefficient (Wildman–Crippen LogP) is -1.10. The highest BCUT2D eigenvalue weighted by Gasteiger charge is 2.53. The number of nitrogens with zero attached hydrogens (tertiary/aromatic N) is 1. The van der Waals surface area contributed by atoms with Crippen molar-refractivity contribution >= 4 is 11.9 Å². The molecule has 0 saturated carbocycles. The molecule has 0 radical (unpaired) electrons. The van der Waals surface area contributed by atoms with Gasteiger partial charge in [-0.1, -0.05) is 0 Å². The molecule has 0 aromatic rings. The summed E-state index contributed by atoms with van der Waals surface area (Å²) in [6.45, 7) is -0.298. The molecule has 2 aliphatic heterocycles. The Morgan fingerprint density at radius 1 is 1.71 bits per heavy atom. The number of carbonyl (C=O) groups is 2. The zero-order valence-corrected chi connectivity index (χ0v) is 7.21. The third kappa shape index (κ3) is 1.07. The summed E-state index contributed by atoms with van der Waals surface area (Å²) < 4.78 is 5.17. The molecule has 6 heteroatoms. The highest BCUT2D eigenvalue weighted by molar-refractivity contribution is 5.91. The van der Waals surface area contributed by atoms with Crippen LogP contribution in [0.4, 0.5) is 0 Å². The number of rotatable bonds is 2. The molecule has 2 rings (SSSR count). The average Bonchev–Trinajstić information content (AvgIpc) is 2.39. The number of aliphatic hydroxyl groups is 1. The first-order valence-corrected chi connectivity index (χ1v) is 4.16. The van der Waals surface area contributed by atoms with E-state index in [0.717, 1.165) is 0 Å². The van der Waals surface area contributed by atoms with E-state index < -0.39 is 18.2 Å². The quantitative estimate of drug-likeness (QED) is 0.551. The minimum absolute atomic E-state index is 0.149. The number of carboxylic acids is 1. The van der Waals surface area contributed by atoms with Crippen molar-refractivity contribution in [3.8, 4) is 0 Å². The number of carboxylic acid groups (broad SMARTS) is 1. The van der Waals surface area contributed by atoms with E-state index in [1.165, 1.54) is 11.0 Å². The lowest BCUT2D eigenvalue weighted by Crippen LogP contribution is -2.54. The highest BCUT2D eigenvalue weighted by atomic mass is 16.5. The van der Waals surface area contributed by atoms with Gasteiger partial charge in [-0.05, 0) is 6.08 Å². The Kier molecular flexibility index (Phi) is 1.92. The zero-order chi connectivity index (χ0) is 10.3. The van der Waals surface area contributed by atoms with E-state index in [9.17, 15) is 9.59 Å². The largest absolute Gasteiger partial charge is 0.479 e. The van der Waals surface area contributed by atoms with Gasteiger partial charge in [-0.3, -0.25) is 9.69 Å². The van der Waals surface area contributed by atoms with Gasteiger partial charge < -0.3 is 14.9 Å². The Labute approximate surface area is 79.4 Å². The molecule has 76 valence electrons. The van der Waals surface area contributed by atoms with Gasteiger partial charge in [0.15, 0.2) is 12.3 Å². The summed E-state index contributed by atoms with van der Waals surface area (Å²) in [6.07, 6.45) is 1.03. The second kappa shape index (κ2) is 2.98. The first kappa shape index (κ1) is 9.01. The van der Waals surface area contributed by atoms with Crippen LogP contribution in [0.3, 0.4) is 0 Å². The highest BCUT2D eigenvalue weighted by Crippen LogP contribution is 2.36. The first-order valence-electron chi connectivity index (χ1n) is 4.16. The second-order valence-electron chi connectivity index (χ2n) is 3.11. The number of aliphatic hydroxyl groups excluding tert-OH is 1. The van der Waals surface area contributed by atoms with Gasteiger partial charge in [0.1, 0.15) is 5.76 Å². The van der Waals surface area contributed by atoms with Crippen LogP contribution in [-0.2, 0) is 14.3 Å². The Morgan fingerprint density at radius 2 is 2.43 bits per heavy atom. The Bertz CT molecular complexity index is 324. The third-order valence-electron chi connectivity index (χ3n) is 2.29. The van der Waals surface area contributed by atoms with E-state index in [1.807, 2.05) is 0 Å². The van der Waals surface area contributed by atoms with Gasteiger partial charge >= 0.3 is 5.97 Å². The molecule has 0 bridgehead atoms. The fraction of sp³-hybridized carbons (Fsp3) is 0.500. The lowest BCUT2D eigenvalue weighted by atomic mass is 10.1. The van der Waals surface area contributed by atoms with Crippen molar-refractivity contribution in [1.29, 1.82) is 0 Å². The molecule has 2 saturated heterocycles. The fourth-order valence-electron chi connectivity index (χ4n) is 1.66. The van der Waals surface area contributed by atoms with Crippen molar-refractivity contribution < 1.29 is 24.5 Å². The maximum atomic E-state index is 11.1. The number of hydrogen-bond acceptors (Lipinski definition) is 4. The molecular formula is C8H9NO5. The van der Waals surface area contributed by atoms with E-state index in [1.54, 1.807) is 0 Å². The normalized spacial score (nSPS) is 32.5. The molecular weight excluding hydrogens is 190 g/mol. The first-order chi connectivity index (χ1) is 6.65. The van der Waals surface area contributed by atoms with Gasteiger partial charge in [-0.25, -0.2) is 4.79 Å². The van der Waals surface area contributed by atoms with Crippen LogP contribution in [0, 0.1) is 0 Å². The molecule has 2 atom stereocenters. The molecule has 0 spiro atoms. The van der Waals surface area contributed by atoms with Crippen molar-refractivity contribution in [1.82, 2.24) is 4.90 Å². The van der Waals surface area contributed by atoms with Crippen LogP contribution in [0.15, 0.2) is 11.8 Å². The van der Waals surface area contributed by atoms with Crippen LogP contribution >= 0.6 is 0 Å². The molecule has 2 heterocycles. The van der Waals surface area contributed by atoms with Crippen molar-refractivity contribution in [2.75, 3.05) is 6.61 Å².